The number of anilines is 1. The van der Waals surface area contributed by atoms with Crippen molar-refractivity contribution in [2.75, 3.05) is 11.9 Å². The molecule has 3 N–H and O–H groups in total. The van der Waals surface area contributed by atoms with Crippen LogP contribution in [0.2, 0.25) is 0 Å². The lowest BCUT2D eigenvalue weighted by Crippen LogP contribution is -2.25. The summed E-state index contributed by atoms with van der Waals surface area (Å²) in [6.45, 7) is 3.01. The van der Waals surface area contributed by atoms with Crippen LogP contribution in [0.4, 0.5) is 5.69 Å². The Morgan fingerprint density at radius 2 is 2.05 bits per heavy atom. The molecule has 0 fully saturated rings. The summed E-state index contributed by atoms with van der Waals surface area (Å²) >= 11 is 5.13. The van der Waals surface area contributed by atoms with E-state index in [4.69, 9.17) is 18.0 Å². The molecule has 102 valence electrons. The third kappa shape index (κ3) is 2.29. The molecule has 0 amide bonds. The normalized spacial score (nSPS) is 16.1. The van der Waals surface area contributed by atoms with Crippen molar-refractivity contribution in [1.29, 1.82) is 0 Å². The van der Waals surface area contributed by atoms with Crippen molar-refractivity contribution in [3.63, 3.8) is 0 Å². The van der Waals surface area contributed by atoms with Crippen molar-refractivity contribution < 1.29 is 0 Å². The Morgan fingerprint density at radius 3 is 2.80 bits per heavy atom. The van der Waals surface area contributed by atoms with Gasteiger partial charge in [0.2, 0.25) is 0 Å². The average Bonchev–Trinajstić information content (AvgIpc) is 2.41. The molecule has 0 aliphatic heterocycles. The summed E-state index contributed by atoms with van der Waals surface area (Å²) in [7, 11) is 0. The molecule has 1 atom stereocenters. The lowest BCUT2D eigenvalue weighted by Gasteiger charge is -2.31. The molecule has 3 heteroatoms. The average molecular weight is 282 g/mol. The maximum atomic E-state index is 5.80. The van der Waals surface area contributed by atoms with Crippen LogP contribution in [0.5, 0.6) is 0 Å². The Hall–Kier alpha value is -1.87. The van der Waals surface area contributed by atoms with Gasteiger partial charge in [0.05, 0.1) is 0 Å². The van der Waals surface area contributed by atoms with E-state index in [2.05, 4.69) is 42.6 Å². The third-order valence-corrected chi connectivity index (χ3v) is 4.24. The Kier molecular flexibility index (Phi) is 3.45. The van der Waals surface area contributed by atoms with Crippen molar-refractivity contribution in [2.24, 2.45) is 5.73 Å². The largest absolute Gasteiger partial charge is 0.389 e. The van der Waals surface area contributed by atoms with E-state index in [1.54, 1.807) is 0 Å². The van der Waals surface area contributed by atoms with Crippen molar-refractivity contribution >= 4 is 22.9 Å². The van der Waals surface area contributed by atoms with Gasteiger partial charge >= 0.3 is 0 Å². The van der Waals surface area contributed by atoms with Gasteiger partial charge in [0.25, 0.3) is 0 Å². The molecule has 1 unspecified atom stereocenters. The van der Waals surface area contributed by atoms with Crippen LogP contribution in [0.3, 0.4) is 0 Å². The van der Waals surface area contributed by atoms with Gasteiger partial charge in [-0.1, -0.05) is 48.6 Å². The Balaban J connectivity index is 1.76. The van der Waals surface area contributed by atoms with E-state index in [-0.39, 0.29) is 0 Å². The summed E-state index contributed by atoms with van der Waals surface area (Å²) in [5.41, 5.74) is 11.9. The fourth-order valence-electron chi connectivity index (χ4n) is 2.88. The highest BCUT2D eigenvalue weighted by molar-refractivity contribution is 7.80. The van der Waals surface area contributed by atoms with Gasteiger partial charge in [0.15, 0.2) is 0 Å². The zero-order chi connectivity index (χ0) is 14.1. The van der Waals surface area contributed by atoms with Crippen molar-refractivity contribution in [1.82, 2.24) is 0 Å². The van der Waals surface area contributed by atoms with Gasteiger partial charge in [-0.25, -0.2) is 0 Å². The van der Waals surface area contributed by atoms with Gasteiger partial charge < -0.3 is 11.1 Å². The zero-order valence-corrected chi connectivity index (χ0v) is 12.3. The Morgan fingerprint density at radius 1 is 1.25 bits per heavy atom. The molecule has 2 nitrogen and oxygen atoms in total. The highest BCUT2D eigenvalue weighted by Gasteiger charge is 2.25. The number of hydrogen-bond donors (Lipinski definition) is 2. The Labute approximate surface area is 125 Å². The molecular formula is C17H18N2S. The molecule has 0 spiro atoms. The van der Waals surface area contributed by atoms with E-state index in [1.807, 2.05) is 12.1 Å². The third-order valence-electron chi connectivity index (χ3n) is 4.02. The molecule has 2 aromatic rings. The lowest BCUT2D eigenvalue weighted by molar-refractivity contribution is 0.635. The first-order chi connectivity index (χ1) is 9.66. The van der Waals surface area contributed by atoms with Gasteiger partial charge in [-0.2, -0.15) is 0 Å². The molecule has 0 saturated heterocycles. The lowest BCUT2D eigenvalue weighted by atomic mass is 9.77. The second-order valence-electron chi connectivity index (χ2n) is 5.34. The summed E-state index contributed by atoms with van der Waals surface area (Å²) in [6.07, 6.45) is 1.15. The second-order valence-corrected chi connectivity index (χ2v) is 5.78. The van der Waals surface area contributed by atoms with Crippen LogP contribution in [0.15, 0.2) is 42.5 Å². The molecule has 0 saturated carbocycles. The summed E-state index contributed by atoms with van der Waals surface area (Å²) in [4.78, 5) is 0.449. The van der Waals surface area contributed by atoms with E-state index in [0.717, 1.165) is 24.2 Å². The van der Waals surface area contributed by atoms with Crippen LogP contribution in [0.1, 0.15) is 28.2 Å². The van der Waals surface area contributed by atoms with Gasteiger partial charge in [-0.3, -0.25) is 0 Å². The monoisotopic (exact) mass is 282 g/mol. The number of fused-ring (bicyclic) bond motifs is 1. The minimum atomic E-state index is 0.449. The van der Waals surface area contributed by atoms with Crippen LogP contribution < -0.4 is 11.1 Å². The predicted molar refractivity (Wildman–Crippen MR) is 88.4 cm³/mol. The van der Waals surface area contributed by atoms with E-state index >= 15 is 0 Å². The van der Waals surface area contributed by atoms with E-state index in [9.17, 15) is 0 Å². The first-order valence-corrected chi connectivity index (χ1v) is 7.28. The molecule has 0 aromatic heterocycles. The van der Waals surface area contributed by atoms with E-state index < -0.39 is 0 Å². The van der Waals surface area contributed by atoms with E-state index in [0.29, 0.717) is 10.9 Å². The summed E-state index contributed by atoms with van der Waals surface area (Å²) < 4.78 is 0. The van der Waals surface area contributed by atoms with Gasteiger partial charge in [0, 0.05) is 23.7 Å². The van der Waals surface area contributed by atoms with Crippen LogP contribution in [0, 0.1) is 6.92 Å². The number of thiocarbonyl (C=S) groups is 1. The first-order valence-electron chi connectivity index (χ1n) is 6.88. The van der Waals surface area contributed by atoms with Crippen molar-refractivity contribution in [3.05, 3.63) is 64.7 Å². The maximum absolute atomic E-state index is 5.80. The minimum absolute atomic E-state index is 0.449. The fourth-order valence-corrected chi connectivity index (χ4v) is 3.05. The fraction of sp³-hybridized carbons (Fsp3) is 0.235. The number of aryl methyl sites for hydroxylation is 1. The van der Waals surface area contributed by atoms with E-state index in [1.165, 1.54) is 16.7 Å². The highest BCUT2D eigenvalue weighted by atomic mass is 32.1. The smallest absolute Gasteiger partial charge is 0.106 e. The summed E-state index contributed by atoms with van der Waals surface area (Å²) in [5, 5.41) is 3.54. The molecular weight excluding hydrogens is 264 g/mol. The number of hydrogen-bond acceptors (Lipinski definition) is 2. The van der Waals surface area contributed by atoms with Crippen molar-refractivity contribution in [3.8, 4) is 0 Å². The predicted octanol–water partition coefficient (Wildman–Crippen LogP) is 3.38. The molecule has 3 rings (SSSR count). The highest BCUT2D eigenvalue weighted by Crippen LogP contribution is 2.35. The number of rotatable bonds is 4. The summed E-state index contributed by atoms with van der Waals surface area (Å²) in [6, 6.07) is 14.7. The molecule has 2 aromatic carbocycles. The standard InChI is InChI=1S/C17H18N2S/c1-11-5-4-8-15(17(18)20)16(11)19-10-13-9-12-6-2-3-7-14(12)13/h2-8,13,19H,9-10H2,1H3,(H2,18,20). The number of nitrogens with one attached hydrogen (secondary N) is 1. The molecule has 0 bridgehead atoms. The second kappa shape index (κ2) is 5.25. The maximum Gasteiger partial charge on any atom is 0.106 e. The van der Waals surface area contributed by atoms with Crippen LogP contribution in [-0.4, -0.2) is 11.5 Å². The molecule has 20 heavy (non-hydrogen) atoms. The first kappa shape index (κ1) is 13.1. The van der Waals surface area contributed by atoms with Crippen molar-refractivity contribution in [2.45, 2.75) is 19.3 Å². The molecule has 0 radical (unpaired) electrons. The Bertz CT molecular complexity index is 664. The van der Waals surface area contributed by atoms with Crippen LogP contribution in [0.25, 0.3) is 0 Å². The summed E-state index contributed by atoms with van der Waals surface area (Å²) in [5.74, 6) is 0.588. The van der Waals surface area contributed by atoms with Gasteiger partial charge in [-0.05, 0) is 36.1 Å². The zero-order valence-electron chi connectivity index (χ0n) is 11.5. The number of nitrogens with two attached hydrogens (primary N) is 1. The quantitative estimate of drug-likeness (QED) is 0.844. The minimum Gasteiger partial charge on any atom is -0.389 e. The van der Waals surface area contributed by atoms with Crippen LogP contribution in [-0.2, 0) is 6.42 Å². The van der Waals surface area contributed by atoms with Gasteiger partial charge in [0.1, 0.15) is 4.99 Å². The molecule has 1 aliphatic rings. The topological polar surface area (TPSA) is 38.0 Å². The number of benzene rings is 2. The molecule has 1 aliphatic carbocycles. The van der Waals surface area contributed by atoms with Gasteiger partial charge in [-0.15, -0.1) is 0 Å². The molecule has 0 heterocycles. The number of para-hydroxylation sites is 1. The SMILES string of the molecule is Cc1cccc(C(N)=S)c1NCC1Cc2ccccc21. The van der Waals surface area contributed by atoms with Crippen LogP contribution >= 0.6 is 12.2 Å².